The van der Waals surface area contributed by atoms with Crippen LogP contribution in [0.2, 0.25) is 0 Å². The van der Waals surface area contributed by atoms with Crippen LogP contribution in [0.25, 0.3) is 10.9 Å². The third-order valence-electron chi connectivity index (χ3n) is 3.04. The molecule has 3 rings (SSSR count). The van der Waals surface area contributed by atoms with Gasteiger partial charge in [0.25, 0.3) is 5.56 Å². The number of rotatable bonds is 1. The number of anilines is 1. The Morgan fingerprint density at radius 1 is 1.37 bits per heavy atom. The van der Waals surface area contributed by atoms with Crippen molar-refractivity contribution >= 4 is 16.9 Å². The second kappa shape index (κ2) is 4.66. The van der Waals surface area contributed by atoms with Crippen LogP contribution in [0, 0.1) is 11.3 Å². The van der Waals surface area contributed by atoms with Crippen molar-refractivity contribution in [2.24, 2.45) is 0 Å². The summed E-state index contributed by atoms with van der Waals surface area (Å²) in [7, 11) is 0. The maximum Gasteiger partial charge on any atom is 0.261 e. The predicted octanol–water partition coefficient (Wildman–Crippen LogP) is 0.0264. The van der Waals surface area contributed by atoms with E-state index in [1.807, 2.05) is 11.0 Å². The van der Waals surface area contributed by atoms with Crippen molar-refractivity contribution in [3.05, 3.63) is 28.3 Å². The Kier molecular flexibility index (Phi) is 2.85. The number of nitrogens with zero attached hydrogens (tertiary/aromatic N) is 4. The summed E-state index contributed by atoms with van der Waals surface area (Å²) in [6.07, 6.45) is 2.84. The van der Waals surface area contributed by atoms with E-state index >= 15 is 0 Å². The first-order valence-electron chi connectivity index (χ1n) is 5.90. The third kappa shape index (κ3) is 2.02. The van der Waals surface area contributed by atoms with E-state index in [4.69, 9.17) is 10.00 Å². The molecule has 0 bridgehead atoms. The largest absolute Gasteiger partial charge is 0.378 e. The lowest BCUT2D eigenvalue weighted by atomic mass is 10.2. The van der Waals surface area contributed by atoms with E-state index in [0.717, 1.165) is 0 Å². The van der Waals surface area contributed by atoms with Gasteiger partial charge in [0.2, 0.25) is 5.95 Å². The third-order valence-corrected chi connectivity index (χ3v) is 3.04. The number of morpholine rings is 1. The predicted molar refractivity (Wildman–Crippen MR) is 67.9 cm³/mol. The van der Waals surface area contributed by atoms with Crippen molar-refractivity contribution in [1.29, 1.82) is 5.26 Å². The van der Waals surface area contributed by atoms with Gasteiger partial charge in [0, 0.05) is 25.5 Å². The minimum atomic E-state index is -0.281. The number of nitrogens with one attached hydrogen (secondary N) is 1. The highest BCUT2D eigenvalue weighted by molar-refractivity contribution is 5.82. The van der Waals surface area contributed by atoms with Gasteiger partial charge in [-0.1, -0.05) is 0 Å². The minimum absolute atomic E-state index is 0.281. The molecule has 0 radical (unpaired) electrons. The van der Waals surface area contributed by atoms with Gasteiger partial charge in [-0.2, -0.15) is 5.26 Å². The molecule has 0 aliphatic carbocycles. The number of nitriles is 1. The molecule has 0 spiro atoms. The average Bonchev–Trinajstić information content (AvgIpc) is 2.47. The van der Waals surface area contributed by atoms with Crippen LogP contribution in [-0.2, 0) is 4.74 Å². The van der Waals surface area contributed by atoms with Crippen LogP contribution in [0.1, 0.15) is 5.56 Å². The summed E-state index contributed by atoms with van der Waals surface area (Å²) in [5.41, 5.74) is 0.414. The Labute approximate surface area is 108 Å². The summed E-state index contributed by atoms with van der Waals surface area (Å²) in [6.45, 7) is 2.54. The first-order valence-corrected chi connectivity index (χ1v) is 5.90. The lowest BCUT2D eigenvalue weighted by molar-refractivity contribution is 0.122. The topological polar surface area (TPSA) is 94.9 Å². The average molecular weight is 257 g/mol. The van der Waals surface area contributed by atoms with Crippen molar-refractivity contribution in [3.8, 4) is 6.07 Å². The van der Waals surface area contributed by atoms with Gasteiger partial charge >= 0.3 is 0 Å². The first kappa shape index (κ1) is 11.6. The SMILES string of the molecule is N#Cc1cncc2c(=O)[nH]c(N3CCOCC3)nc12. The van der Waals surface area contributed by atoms with Crippen LogP contribution in [-0.4, -0.2) is 41.3 Å². The van der Waals surface area contributed by atoms with E-state index in [1.54, 1.807) is 0 Å². The molecular weight excluding hydrogens is 246 g/mol. The maximum atomic E-state index is 12.0. The number of fused-ring (bicyclic) bond motifs is 1. The summed E-state index contributed by atoms with van der Waals surface area (Å²) in [5.74, 6) is 0.475. The summed E-state index contributed by atoms with van der Waals surface area (Å²) >= 11 is 0. The number of hydrogen-bond acceptors (Lipinski definition) is 6. The van der Waals surface area contributed by atoms with E-state index in [9.17, 15) is 4.79 Å². The molecule has 7 heteroatoms. The standard InChI is InChI=1S/C12H11N5O2/c13-5-8-6-14-7-9-10(8)15-12(16-11(9)18)17-1-3-19-4-2-17/h6-7H,1-4H2,(H,15,16,18). The lowest BCUT2D eigenvalue weighted by Crippen LogP contribution is -2.38. The van der Waals surface area contributed by atoms with E-state index in [-0.39, 0.29) is 5.56 Å². The molecule has 1 aliphatic heterocycles. The van der Waals surface area contributed by atoms with E-state index in [0.29, 0.717) is 48.7 Å². The minimum Gasteiger partial charge on any atom is -0.378 e. The highest BCUT2D eigenvalue weighted by atomic mass is 16.5. The van der Waals surface area contributed by atoms with Crippen molar-refractivity contribution in [3.63, 3.8) is 0 Å². The van der Waals surface area contributed by atoms with Crippen molar-refractivity contribution in [2.75, 3.05) is 31.2 Å². The van der Waals surface area contributed by atoms with Crippen molar-refractivity contribution in [2.45, 2.75) is 0 Å². The second-order valence-corrected chi connectivity index (χ2v) is 4.18. The molecule has 1 saturated heterocycles. The molecule has 1 fully saturated rings. The zero-order chi connectivity index (χ0) is 13.2. The van der Waals surface area contributed by atoms with Crippen LogP contribution in [0.15, 0.2) is 17.2 Å². The van der Waals surface area contributed by atoms with Crippen LogP contribution in [0.4, 0.5) is 5.95 Å². The van der Waals surface area contributed by atoms with Gasteiger partial charge in [0.15, 0.2) is 0 Å². The summed E-state index contributed by atoms with van der Waals surface area (Å²) in [6, 6.07) is 2.01. The monoisotopic (exact) mass is 257 g/mol. The van der Waals surface area contributed by atoms with E-state index in [1.165, 1.54) is 12.4 Å². The summed E-state index contributed by atoms with van der Waals surface area (Å²) < 4.78 is 5.26. The highest BCUT2D eigenvalue weighted by Crippen LogP contribution is 2.15. The second-order valence-electron chi connectivity index (χ2n) is 4.18. The fourth-order valence-electron chi connectivity index (χ4n) is 2.05. The van der Waals surface area contributed by atoms with Gasteiger partial charge in [-0.25, -0.2) is 4.98 Å². The fourth-order valence-corrected chi connectivity index (χ4v) is 2.05. The van der Waals surface area contributed by atoms with E-state index in [2.05, 4.69) is 15.0 Å². The lowest BCUT2D eigenvalue weighted by Gasteiger charge is -2.27. The molecule has 1 N–H and O–H groups in total. The Morgan fingerprint density at radius 2 is 2.16 bits per heavy atom. The number of pyridine rings is 1. The first-order chi connectivity index (χ1) is 9.29. The Bertz CT molecular complexity index is 712. The number of H-pyrrole nitrogens is 1. The molecular formula is C12H11N5O2. The molecule has 2 aromatic heterocycles. The van der Waals surface area contributed by atoms with Crippen LogP contribution in [0.3, 0.4) is 0 Å². The van der Waals surface area contributed by atoms with Crippen LogP contribution >= 0.6 is 0 Å². The van der Waals surface area contributed by atoms with Gasteiger partial charge in [-0.15, -0.1) is 0 Å². The zero-order valence-electron chi connectivity index (χ0n) is 10.1. The molecule has 3 heterocycles. The number of aromatic amines is 1. The number of ether oxygens (including phenoxy) is 1. The van der Waals surface area contributed by atoms with Gasteiger partial charge in [-0.05, 0) is 0 Å². The molecule has 1 aliphatic rings. The smallest absolute Gasteiger partial charge is 0.261 e. The molecule has 0 aromatic carbocycles. The highest BCUT2D eigenvalue weighted by Gasteiger charge is 2.16. The van der Waals surface area contributed by atoms with Crippen molar-refractivity contribution < 1.29 is 4.74 Å². The van der Waals surface area contributed by atoms with Gasteiger partial charge in [0.1, 0.15) is 11.6 Å². The normalized spacial score (nSPS) is 15.4. The summed E-state index contributed by atoms with van der Waals surface area (Å²) in [4.78, 5) is 24.9. The molecule has 0 saturated carbocycles. The molecule has 19 heavy (non-hydrogen) atoms. The molecule has 2 aromatic rings. The fraction of sp³-hybridized carbons (Fsp3) is 0.333. The summed E-state index contributed by atoms with van der Waals surface area (Å²) in [5, 5.41) is 9.38. The molecule has 0 atom stereocenters. The number of hydrogen-bond donors (Lipinski definition) is 1. The van der Waals surface area contributed by atoms with Gasteiger partial charge < -0.3 is 9.64 Å². The molecule has 96 valence electrons. The quantitative estimate of drug-likeness (QED) is 0.774. The Balaban J connectivity index is 2.17. The molecule has 0 amide bonds. The van der Waals surface area contributed by atoms with Crippen LogP contribution in [0.5, 0.6) is 0 Å². The van der Waals surface area contributed by atoms with Gasteiger partial charge in [-0.3, -0.25) is 14.8 Å². The maximum absolute atomic E-state index is 12.0. The number of aromatic nitrogens is 3. The zero-order valence-corrected chi connectivity index (χ0v) is 10.1. The molecule has 0 unspecified atom stereocenters. The van der Waals surface area contributed by atoms with Crippen molar-refractivity contribution in [1.82, 2.24) is 15.0 Å². The Morgan fingerprint density at radius 3 is 2.89 bits per heavy atom. The Hall–Kier alpha value is -2.46. The van der Waals surface area contributed by atoms with Gasteiger partial charge in [0.05, 0.1) is 24.2 Å². The van der Waals surface area contributed by atoms with E-state index < -0.39 is 0 Å². The van der Waals surface area contributed by atoms with Crippen LogP contribution < -0.4 is 10.5 Å². The molecule has 7 nitrogen and oxygen atoms in total.